The number of nitrogens with zero attached hydrogens (tertiary/aromatic N) is 3. The molecule has 1 aliphatic rings. The van der Waals surface area contributed by atoms with Gasteiger partial charge in [0.05, 0.1) is 22.5 Å². The van der Waals surface area contributed by atoms with Gasteiger partial charge < -0.3 is 15.5 Å². The first kappa shape index (κ1) is 21.9. The lowest BCUT2D eigenvalue weighted by Crippen LogP contribution is -2.35. The van der Waals surface area contributed by atoms with Gasteiger partial charge in [0.2, 0.25) is 5.91 Å². The summed E-state index contributed by atoms with van der Waals surface area (Å²) >= 11 is 6.19. The maximum Gasteiger partial charge on any atom is 0.254 e. The number of aromatic nitrogens is 2. The van der Waals surface area contributed by atoms with Gasteiger partial charge in [0.15, 0.2) is 0 Å². The molecule has 1 aliphatic heterocycles. The van der Waals surface area contributed by atoms with Crippen molar-refractivity contribution in [2.75, 3.05) is 23.3 Å². The molecule has 0 saturated carbocycles. The number of para-hydroxylation sites is 1. The van der Waals surface area contributed by atoms with E-state index in [1.807, 2.05) is 36.4 Å². The number of amides is 2. The van der Waals surface area contributed by atoms with Crippen LogP contribution in [0, 0.1) is 0 Å². The molecule has 1 fully saturated rings. The second-order valence-corrected chi connectivity index (χ2v) is 8.40. The van der Waals surface area contributed by atoms with Gasteiger partial charge in [0, 0.05) is 43.1 Å². The third-order valence-electron chi connectivity index (χ3n) is 5.41. The van der Waals surface area contributed by atoms with Gasteiger partial charge in [-0.3, -0.25) is 9.59 Å². The normalized spacial score (nSPS) is 14.2. The SMILES string of the molecule is CC(CC(=O)Nc1cccc(N2CCCC2)c1)NC(=O)c1cnn(-c2ccccc2Cl)c1. The average molecular weight is 452 g/mol. The summed E-state index contributed by atoms with van der Waals surface area (Å²) in [6, 6.07) is 14.8. The van der Waals surface area contributed by atoms with Crippen molar-refractivity contribution in [3.63, 3.8) is 0 Å². The zero-order valence-corrected chi connectivity index (χ0v) is 18.7. The van der Waals surface area contributed by atoms with E-state index < -0.39 is 0 Å². The van der Waals surface area contributed by atoms with Crippen molar-refractivity contribution in [2.24, 2.45) is 0 Å². The maximum absolute atomic E-state index is 12.6. The number of rotatable bonds is 7. The molecule has 4 rings (SSSR count). The molecule has 2 aromatic carbocycles. The molecule has 0 radical (unpaired) electrons. The molecule has 0 bridgehead atoms. The van der Waals surface area contributed by atoms with Gasteiger partial charge in [-0.1, -0.05) is 29.8 Å². The zero-order chi connectivity index (χ0) is 22.5. The first-order valence-electron chi connectivity index (χ1n) is 10.7. The topological polar surface area (TPSA) is 79.3 Å². The molecule has 1 unspecified atom stereocenters. The number of carbonyl (C=O) groups is 2. The predicted octanol–water partition coefficient (Wildman–Crippen LogP) is 4.27. The van der Waals surface area contributed by atoms with E-state index in [2.05, 4.69) is 26.7 Å². The lowest BCUT2D eigenvalue weighted by atomic mass is 10.2. The fourth-order valence-corrected chi connectivity index (χ4v) is 4.04. The minimum atomic E-state index is -0.340. The lowest BCUT2D eigenvalue weighted by Gasteiger charge is -2.19. The highest BCUT2D eigenvalue weighted by molar-refractivity contribution is 6.32. The molecular weight excluding hydrogens is 426 g/mol. The van der Waals surface area contributed by atoms with Crippen LogP contribution in [0.4, 0.5) is 11.4 Å². The third kappa shape index (κ3) is 5.29. The molecule has 1 aromatic heterocycles. The van der Waals surface area contributed by atoms with E-state index in [1.165, 1.54) is 19.0 Å². The molecule has 1 saturated heterocycles. The Kier molecular flexibility index (Phi) is 6.75. The Morgan fingerprint density at radius 2 is 1.91 bits per heavy atom. The highest BCUT2D eigenvalue weighted by Gasteiger charge is 2.17. The molecule has 2 N–H and O–H groups in total. The van der Waals surface area contributed by atoms with E-state index in [-0.39, 0.29) is 24.3 Å². The zero-order valence-electron chi connectivity index (χ0n) is 17.9. The summed E-state index contributed by atoms with van der Waals surface area (Å²) in [6.45, 7) is 3.90. The summed E-state index contributed by atoms with van der Waals surface area (Å²) in [7, 11) is 0. The highest BCUT2D eigenvalue weighted by atomic mass is 35.5. The largest absolute Gasteiger partial charge is 0.371 e. The second-order valence-electron chi connectivity index (χ2n) is 8.00. The molecule has 2 heterocycles. The van der Waals surface area contributed by atoms with Crippen molar-refractivity contribution < 1.29 is 9.59 Å². The van der Waals surface area contributed by atoms with Crippen LogP contribution in [0.3, 0.4) is 0 Å². The van der Waals surface area contributed by atoms with Crippen LogP contribution in [0.2, 0.25) is 5.02 Å². The molecular formula is C24H26ClN5O2. The number of benzene rings is 2. The number of nitrogens with one attached hydrogen (secondary N) is 2. The molecule has 7 nitrogen and oxygen atoms in total. The smallest absolute Gasteiger partial charge is 0.254 e. The Morgan fingerprint density at radius 1 is 1.12 bits per heavy atom. The van der Waals surface area contributed by atoms with Crippen molar-refractivity contribution in [2.45, 2.75) is 32.2 Å². The van der Waals surface area contributed by atoms with Gasteiger partial charge in [-0.2, -0.15) is 5.10 Å². The van der Waals surface area contributed by atoms with Gasteiger partial charge in [0.25, 0.3) is 5.91 Å². The molecule has 0 aliphatic carbocycles. The fourth-order valence-electron chi connectivity index (χ4n) is 3.81. The third-order valence-corrected chi connectivity index (χ3v) is 5.73. The Bertz CT molecular complexity index is 1110. The summed E-state index contributed by atoms with van der Waals surface area (Å²) < 4.78 is 1.56. The molecule has 3 aromatic rings. The summed E-state index contributed by atoms with van der Waals surface area (Å²) in [6.07, 6.45) is 5.66. The van der Waals surface area contributed by atoms with Crippen LogP contribution in [-0.4, -0.2) is 40.7 Å². The van der Waals surface area contributed by atoms with Crippen LogP contribution >= 0.6 is 11.6 Å². The number of halogens is 1. The van der Waals surface area contributed by atoms with E-state index in [9.17, 15) is 9.59 Å². The van der Waals surface area contributed by atoms with E-state index in [4.69, 9.17) is 11.6 Å². The standard InChI is InChI=1S/C24H26ClN5O2/c1-17(13-23(31)28-19-7-6-8-20(14-19)29-11-4-5-12-29)27-24(32)18-15-26-30(16-18)22-10-3-2-9-21(22)25/h2-3,6-10,14-17H,4-5,11-13H2,1H3,(H,27,32)(H,28,31). The lowest BCUT2D eigenvalue weighted by molar-refractivity contribution is -0.116. The van der Waals surface area contributed by atoms with Crippen molar-refractivity contribution >= 4 is 34.8 Å². The van der Waals surface area contributed by atoms with Crippen molar-refractivity contribution in [1.82, 2.24) is 15.1 Å². The molecule has 2 amide bonds. The Balaban J connectivity index is 1.31. The van der Waals surface area contributed by atoms with Gasteiger partial charge in [-0.25, -0.2) is 4.68 Å². The van der Waals surface area contributed by atoms with Crippen molar-refractivity contribution in [3.05, 3.63) is 71.5 Å². The predicted molar refractivity (Wildman–Crippen MR) is 127 cm³/mol. The van der Waals surface area contributed by atoms with Crippen LogP contribution in [0.25, 0.3) is 5.69 Å². The van der Waals surface area contributed by atoms with Gasteiger partial charge >= 0.3 is 0 Å². The molecule has 32 heavy (non-hydrogen) atoms. The summed E-state index contributed by atoms with van der Waals surface area (Å²) in [5.74, 6) is -0.442. The quantitative estimate of drug-likeness (QED) is 0.562. The van der Waals surface area contributed by atoms with Crippen LogP contribution < -0.4 is 15.5 Å². The first-order valence-corrected chi connectivity index (χ1v) is 11.1. The molecule has 8 heteroatoms. The van der Waals surface area contributed by atoms with Crippen LogP contribution in [0.15, 0.2) is 60.9 Å². The summed E-state index contributed by atoms with van der Waals surface area (Å²) in [5, 5.41) is 10.6. The van der Waals surface area contributed by atoms with Crippen LogP contribution in [0.1, 0.15) is 36.5 Å². The minimum Gasteiger partial charge on any atom is -0.371 e. The van der Waals surface area contributed by atoms with E-state index >= 15 is 0 Å². The Morgan fingerprint density at radius 3 is 2.69 bits per heavy atom. The van der Waals surface area contributed by atoms with Crippen molar-refractivity contribution in [3.8, 4) is 5.69 Å². The Hall–Kier alpha value is -3.32. The maximum atomic E-state index is 12.6. The summed E-state index contributed by atoms with van der Waals surface area (Å²) in [4.78, 5) is 27.4. The monoisotopic (exact) mass is 451 g/mol. The highest BCUT2D eigenvalue weighted by Crippen LogP contribution is 2.23. The molecule has 0 spiro atoms. The second kappa shape index (κ2) is 9.87. The van der Waals surface area contributed by atoms with Crippen molar-refractivity contribution in [1.29, 1.82) is 0 Å². The van der Waals surface area contributed by atoms with E-state index in [0.717, 1.165) is 24.5 Å². The van der Waals surface area contributed by atoms with E-state index in [0.29, 0.717) is 16.3 Å². The average Bonchev–Trinajstić information content (AvgIpc) is 3.47. The molecule has 1 atom stereocenters. The van der Waals surface area contributed by atoms with Gasteiger partial charge in [-0.15, -0.1) is 0 Å². The first-order chi connectivity index (χ1) is 15.5. The number of hydrogen-bond acceptors (Lipinski definition) is 4. The minimum absolute atomic E-state index is 0.150. The van der Waals surface area contributed by atoms with Gasteiger partial charge in [-0.05, 0) is 50.1 Å². The Labute approximate surface area is 192 Å². The van der Waals surface area contributed by atoms with Gasteiger partial charge in [0.1, 0.15) is 0 Å². The molecule has 166 valence electrons. The number of hydrogen-bond donors (Lipinski definition) is 2. The fraction of sp³-hybridized carbons (Fsp3) is 0.292. The van der Waals surface area contributed by atoms with Crippen LogP contribution in [-0.2, 0) is 4.79 Å². The van der Waals surface area contributed by atoms with Crippen LogP contribution in [0.5, 0.6) is 0 Å². The summed E-state index contributed by atoms with van der Waals surface area (Å²) in [5.41, 5.74) is 2.98. The van der Waals surface area contributed by atoms with E-state index in [1.54, 1.807) is 23.9 Å². The number of anilines is 2. The number of carbonyl (C=O) groups excluding carboxylic acids is 2.